The summed E-state index contributed by atoms with van der Waals surface area (Å²) in [7, 11) is 1.36. The van der Waals surface area contributed by atoms with Crippen molar-refractivity contribution in [1.82, 2.24) is 9.55 Å². The molecule has 10 heteroatoms. The Hall–Kier alpha value is -2.95. The van der Waals surface area contributed by atoms with Crippen molar-refractivity contribution in [1.29, 1.82) is 0 Å². The largest absolute Gasteiger partial charge is 0.465 e. The number of hydrogen-bond acceptors (Lipinski definition) is 8. The number of thioether (sulfide) groups is 1. The van der Waals surface area contributed by atoms with Crippen LogP contribution in [0.1, 0.15) is 50.5 Å². The smallest absolute Gasteiger partial charge is 0.341 e. The van der Waals surface area contributed by atoms with E-state index in [1.165, 1.54) is 35.1 Å². The fourth-order valence-corrected chi connectivity index (χ4v) is 8.60. The maximum Gasteiger partial charge on any atom is 0.341 e. The van der Waals surface area contributed by atoms with E-state index in [9.17, 15) is 14.4 Å². The molecular formula is C27H25N3O4S3. The summed E-state index contributed by atoms with van der Waals surface area (Å²) in [5.74, 6) is -0.623. The van der Waals surface area contributed by atoms with Crippen molar-refractivity contribution in [3.63, 3.8) is 0 Å². The van der Waals surface area contributed by atoms with E-state index in [2.05, 4.69) is 5.32 Å². The first-order valence-electron chi connectivity index (χ1n) is 12.3. The van der Waals surface area contributed by atoms with Crippen LogP contribution in [0.25, 0.3) is 15.9 Å². The zero-order valence-corrected chi connectivity index (χ0v) is 22.7. The minimum atomic E-state index is -0.422. The first-order chi connectivity index (χ1) is 18.0. The SMILES string of the molecule is COC(=O)c1c(NC(=O)CSc2nc3sc4c(c3c(=O)n2-c2ccccc2)CCCC4)sc2c1CCC2. The van der Waals surface area contributed by atoms with E-state index in [1.807, 2.05) is 30.3 Å². The zero-order valence-electron chi connectivity index (χ0n) is 20.3. The van der Waals surface area contributed by atoms with E-state index in [0.29, 0.717) is 21.1 Å². The van der Waals surface area contributed by atoms with Gasteiger partial charge in [-0.05, 0) is 68.2 Å². The average molecular weight is 552 g/mol. The minimum absolute atomic E-state index is 0.0546. The van der Waals surface area contributed by atoms with Gasteiger partial charge in [0.2, 0.25) is 5.91 Å². The molecule has 2 aliphatic carbocycles. The van der Waals surface area contributed by atoms with Crippen molar-refractivity contribution in [3.8, 4) is 5.69 Å². The third-order valence-corrected chi connectivity index (χ3v) is 10.2. The number of para-hydroxylation sites is 1. The minimum Gasteiger partial charge on any atom is -0.465 e. The number of anilines is 1. The molecule has 1 aromatic carbocycles. The van der Waals surface area contributed by atoms with Gasteiger partial charge >= 0.3 is 5.97 Å². The number of amides is 1. The van der Waals surface area contributed by atoms with Crippen molar-refractivity contribution < 1.29 is 14.3 Å². The molecule has 1 N–H and O–H groups in total. The van der Waals surface area contributed by atoms with Gasteiger partial charge in [-0.25, -0.2) is 9.78 Å². The Morgan fingerprint density at radius 1 is 1.03 bits per heavy atom. The van der Waals surface area contributed by atoms with Crippen LogP contribution in [0.4, 0.5) is 5.00 Å². The lowest BCUT2D eigenvalue weighted by Gasteiger charge is -2.13. The molecule has 0 atom stereocenters. The van der Waals surface area contributed by atoms with Crippen LogP contribution >= 0.6 is 34.4 Å². The second kappa shape index (κ2) is 10.1. The van der Waals surface area contributed by atoms with E-state index in [4.69, 9.17) is 9.72 Å². The highest BCUT2D eigenvalue weighted by atomic mass is 32.2. The van der Waals surface area contributed by atoms with Crippen molar-refractivity contribution >= 4 is 61.5 Å². The molecule has 0 spiro atoms. The Morgan fingerprint density at radius 3 is 2.57 bits per heavy atom. The van der Waals surface area contributed by atoms with Crippen molar-refractivity contribution in [2.45, 2.75) is 50.1 Å². The summed E-state index contributed by atoms with van der Waals surface area (Å²) in [5, 5.41) is 4.66. The molecular weight excluding hydrogens is 527 g/mol. The molecule has 4 aromatic rings. The van der Waals surface area contributed by atoms with Crippen LogP contribution in [0.15, 0.2) is 40.3 Å². The molecule has 2 aliphatic rings. The number of carbonyl (C=O) groups excluding carboxylic acids is 2. The van der Waals surface area contributed by atoms with Gasteiger partial charge in [-0.15, -0.1) is 22.7 Å². The van der Waals surface area contributed by atoms with E-state index in [0.717, 1.165) is 71.5 Å². The number of thiophene rings is 2. The van der Waals surface area contributed by atoms with Gasteiger partial charge < -0.3 is 10.1 Å². The number of nitrogens with one attached hydrogen (secondary N) is 1. The first-order valence-corrected chi connectivity index (χ1v) is 14.9. The van der Waals surface area contributed by atoms with Gasteiger partial charge in [-0.3, -0.25) is 14.2 Å². The molecule has 37 heavy (non-hydrogen) atoms. The van der Waals surface area contributed by atoms with Gasteiger partial charge in [0.25, 0.3) is 5.56 Å². The number of fused-ring (bicyclic) bond motifs is 4. The maximum absolute atomic E-state index is 13.8. The molecule has 0 aliphatic heterocycles. The highest BCUT2D eigenvalue weighted by molar-refractivity contribution is 7.99. The predicted molar refractivity (Wildman–Crippen MR) is 149 cm³/mol. The van der Waals surface area contributed by atoms with Crippen molar-refractivity contribution in [2.24, 2.45) is 0 Å². The quantitative estimate of drug-likeness (QED) is 0.196. The Kier molecular flexibility index (Phi) is 6.64. The average Bonchev–Trinajstić information content (AvgIpc) is 3.60. The molecule has 0 radical (unpaired) electrons. The van der Waals surface area contributed by atoms with Crippen LogP contribution in [0.3, 0.4) is 0 Å². The van der Waals surface area contributed by atoms with Gasteiger partial charge in [0, 0.05) is 9.75 Å². The summed E-state index contributed by atoms with van der Waals surface area (Å²) in [4.78, 5) is 47.3. The lowest BCUT2D eigenvalue weighted by atomic mass is 9.97. The Labute approximate surface area is 225 Å². The van der Waals surface area contributed by atoms with Crippen LogP contribution in [-0.2, 0) is 35.2 Å². The fraction of sp³-hybridized carbons (Fsp3) is 0.333. The number of ether oxygens (including phenoxy) is 1. The van der Waals surface area contributed by atoms with Crippen LogP contribution in [0, 0.1) is 0 Å². The number of benzene rings is 1. The molecule has 6 rings (SSSR count). The van der Waals surface area contributed by atoms with Crippen LogP contribution in [0.5, 0.6) is 0 Å². The Bertz CT molecular complexity index is 1590. The molecule has 0 saturated heterocycles. The summed E-state index contributed by atoms with van der Waals surface area (Å²) in [6.07, 6.45) is 6.84. The molecule has 190 valence electrons. The normalized spacial score (nSPS) is 14.4. The summed E-state index contributed by atoms with van der Waals surface area (Å²) in [6.45, 7) is 0. The molecule has 7 nitrogen and oxygen atoms in total. The van der Waals surface area contributed by atoms with E-state index < -0.39 is 5.97 Å². The third kappa shape index (κ3) is 4.41. The van der Waals surface area contributed by atoms with Gasteiger partial charge in [-0.2, -0.15) is 0 Å². The van der Waals surface area contributed by atoms with Gasteiger partial charge in [-0.1, -0.05) is 30.0 Å². The topological polar surface area (TPSA) is 90.3 Å². The van der Waals surface area contributed by atoms with Crippen LogP contribution in [0.2, 0.25) is 0 Å². The monoisotopic (exact) mass is 551 g/mol. The van der Waals surface area contributed by atoms with E-state index >= 15 is 0 Å². The van der Waals surface area contributed by atoms with Gasteiger partial charge in [0.1, 0.15) is 9.83 Å². The number of aromatic nitrogens is 2. The third-order valence-electron chi connectivity index (χ3n) is 6.87. The number of rotatable bonds is 6. The lowest BCUT2D eigenvalue weighted by Crippen LogP contribution is -2.23. The number of aryl methyl sites for hydroxylation is 3. The fourth-order valence-electron chi connectivity index (χ4n) is 5.19. The van der Waals surface area contributed by atoms with Crippen LogP contribution < -0.4 is 10.9 Å². The standard InChI is InChI=1S/C27H25N3O4S3/c1-34-26(33)22-17-11-7-13-19(17)37-24(22)28-20(31)14-35-27-29-23-21(16-10-5-6-12-18(16)36-23)25(32)30(27)15-8-3-2-4-9-15/h2-4,8-9H,5-7,10-14H2,1H3,(H,28,31). The number of carbonyl (C=O) groups is 2. The molecule has 0 unspecified atom stereocenters. The number of methoxy groups -OCH3 is 1. The zero-order chi connectivity index (χ0) is 25.5. The summed E-state index contributed by atoms with van der Waals surface area (Å²) >= 11 is 4.28. The molecule has 3 aromatic heterocycles. The van der Waals surface area contributed by atoms with Crippen LogP contribution in [-0.4, -0.2) is 34.3 Å². The number of hydrogen-bond donors (Lipinski definition) is 1. The molecule has 0 saturated carbocycles. The van der Waals surface area contributed by atoms with Crippen molar-refractivity contribution in [3.05, 3.63) is 67.1 Å². The molecule has 3 heterocycles. The molecule has 0 bridgehead atoms. The molecule has 1 amide bonds. The van der Waals surface area contributed by atoms with E-state index in [-0.39, 0.29) is 17.2 Å². The Balaban J connectivity index is 1.32. The van der Waals surface area contributed by atoms with Crippen molar-refractivity contribution in [2.75, 3.05) is 18.2 Å². The van der Waals surface area contributed by atoms with Gasteiger partial charge in [0.15, 0.2) is 5.16 Å². The van der Waals surface area contributed by atoms with Gasteiger partial charge in [0.05, 0.1) is 29.5 Å². The number of esters is 1. The highest BCUT2D eigenvalue weighted by Gasteiger charge is 2.28. The highest BCUT2D eigenvalue weighted by Crippen LogP contribution is 2.40. The first kappa shape index (κ1) is 24.4. The predicted octanol–water partition coefficient (Wildman–Crippen LogP) is 5.39. The summed E-state index contributed by atoms with van der Waals surface area (Å²) in [6, 6.07) is 9.45. The second-order valence-electron chi connectivity index (χ2n) is 9.15. The Morgan fingerprint density at radius 2 is 1.76 bits per heavy atom. The summed E-state index contributed by atoms with van der Waals surface area (Å²) < 4.78 is 6.62. The summed E-state index contributed by atoms with van der Waals surface area (Å²) in [5.41, 5.74) is 3.25. The maximum atomic E-state index is 13.8. The van der Waals surface area contributed by atoms with E-state index in [1.54, 1.807) is 15.9 Å². The lowest BCUT2D eigenvalue weighted by molar-refractivity contribution is -0.113. The number of nitrogens with zero attached hydrogens (tertiary/aromatic N) is 2. The molecule has 0 fully saturated rings. The second-order valence-corrected chi connectivity index (χ2v) is 12.3.